The van der Waals surface area contributed by atoms with E-state index < -0.39 is 41.3 Å². The van der Waals surface area contributed by atoms with Gasteiger partial charge < -0.3 is 19.9 Å². The smallest absolute Gasteiger partial charge is 0.408 e. The Kier molecular flexibility index (Phi) is 4.76. The third kappa shape index (κ3) is 4.24. The maximum atomic E-state index is 12.4. The lowest BCUT2D eigenvalue weighted by Gasteiger charge is -2.49. The van der Waals surface area contributed by atoms with Gasteiger partial charge in [0.15, 0.2) is 5.70 Å². The van der Waals surface area contributed by atoms with Crippen LogP contribution in [0.3, 0.4) is 0 Å². The van der Waals surface area contributed by atoms with Gasteiger partial charge in [0.2, 0.25) is 0 Å². The summed E-state index contributed by atoms with van der Waals surface area (Å²) >= 11 is 0. The first-order valence-corrected chi connectivity index (χ1v) is 8.28. The van der Waals surface area contributed by atoms with E-state index in [2.05, 4.69) is 5.32 Å². The molecule has 2 N–H and O–H groups in total. The minimum Gasteiger partial charge on any atom is -0.510 e. The topological polar surface area (TPSA) is 105 Å². The highest BCUT2D eigenvalue weighted by atomic mass is 16.6. The molecular weight excluding hydrogens is 328 g/mol. The van der Waals surface area contributed by atoms with Crippen molar-refractivity contribution in [2.75, 3.05) is 0 Å². The fourth-order valence-corrected chi connectivity index (χ4v) is 2.79. The quantitative estimate of drug-likeness (QED) is 0.580. The van der Waals surface area contributed by atoms with Crippen LogP contribution in [0.15, 0.2) is 11.5 Å². The number of carbonyl (C=O) groups is 3. The lowest BCUT2D eigenvalue weighted by molar-refractivity contribution is -0.162. The average molecular weight is 354 g/mol. The standard InChI is InChI=1S/C17H26N2O6/c1-16(2,3)24-14(22)12-10(20)8-7-9-11(13(21)19(9)12)18-15(23)25-17(4,5)6/h9,11,20H,7-8H2,1-6H3,(H,18,23)/t9-,11?/m1/s1. The van der Waals surface area contributed by atoms with E-state index in [-0.39, 0.29) is 17.9 Å². The Morgan fingerprint density at radius 2 is 1.68 bits per heavy atom. The molecule has 8 nitrogen and oxygen atoms in total. The monoisotopic (exact) mass is 354 g/mol. The molecule has 0 aromatic carbocycles. The van der Waals surface area contributed by atoms with Gasteiger partial charge in [-0.05, 0) is 48.0 Å². The van der Waals surface area contributed by atoms with Gasteiger partial charge in [-0.25, -0.2) is 9.59 Å². The highest BCUT2D eigenvalue weighted by Crippen LogP contribution is 2.36. The summed E-state index contributed by atoms with van der Waals surface area (Å²) in [6.45, 7) is 10.3. The third-order valence-corrected chi connectivity index (χ3v) is 3.68. The van der Waals surface area contributed by atoms with Crippen molar-refractivity contribution in [1.82, 2.24) is 10.2 Å². The maximum Gasteiger partial charge on any atom is 0.408 e. The number of β-lactam (4-membered cyclic amide) rings is 1. The van der Waals surface area contributed by atoms with E-state index in [0.29, 0.717) is 6.42 Å². The summed E-state index contributed by atoms with van der Waals surface area (Å²) in [5.74, 6) is -1.39. The summed E-state index contributed by atoms with van der Waals surface area (Å²) in [5.41, 5.74) is -1.57. The van der Waals surface area contributed by atoms with E-state index in [0.717, 1.165) is 0 Å². The normalized spacial score (nSPS) is 23.6. The Morgan fingerprint density at radius 3 is 2.20 bits per heavy atom. The summed E-state index contributed by atoms with van der Waals surface area (Å²) in [6.07, 6.45) is -0.0251. The van der Waals surface area contributed by atoms with Crippen molar-refractivity contribution >= 4 is 18.0 Å². The molecule has 2 rings (SSSR count). The summed E-state index contributed by atoms with van der Waals surface area (Å²) in [4.78, 5) is 37.9. The molecular formula is C17H26N2O6. The lowest BCUT2D eigenvalue weighted by Crippen LogP contribution is -2.72. The number of amides is 2. The van der Waals surface area contributed by atoms with Crippen molar-refractivity contribution in [2.24, 2.45) is 0 Å². The molecule has 2 amide bonds. The number of allylic oxidation sites excluding steroid dienone is 1. The molecule has 0 aromatic heterocycles. The van der Waals surface area contributed by atoms with E-state index >= 15 is 0 Å². The van der Waals surface area contributed by atoms with Gasteiger partial charge in [0, 0.05) is 6.42 Å². The number of esters is 1. The van der Waals surface area contributed by atoms with Crippen LogP contribution in [-0.4, -0.2) is 51.3 Å². The van der Waals surface area contributed by atoms with Gasteiger partial charge in [-0.2, -0.15) is 0 Å². The second kappa shape index (κ2) is 6.24. The van der Waals surface area contributed by atoms with Crippen molar-refractivity contribution < 1.29 is 29.0 Å². The summed E-state index contributed by atoms with van der Waals surface area (Å²) in [6, 6.07) is -1.18. The number of hydrogen-bond acceptors (Lipinski definition) is 6. The predicted molar refractivity (Wildman–Crippen MR) is 88.5 cm³/mol. The first-order valence-electron chi connectivity index (χ1n) is 8.28. The number of fused-ring (bicyclic) bond motifs is 1. The Bertz CT molecular complexity index is 626. The van der Waals surface area contributed by atoms with E-state index in [4.69, 9.17) is 9.47 Å². The number of alkyl carbamates (subject to hydrolysis) is 1. The van der Waals surface area contributed by atoms with Gasteiger partial charge in [0.05, 0.1) is 6.04 Å². The Hall–Kier alpha value is -2.25. The molecule has 0 aliphatic carbocycles. The molecule has 2 atom stereocenters. The second-order valence-electron chi connectivity index (χ2n) is 8.24. The highest BCUT2D eigenvalue weighted by Gasteiger charge is 2.54. The molecule has 1 fully saturated rings. The zero-order chi connectivity index (χ0) is 19.2. The number of hydrogen-bond donors (Lipinski definition) is 2. The van der Waals surface area contributed by atoms with Crippen molar-refractivity contribution in [2.45, 2.75) is 77.7 Å². The molecule has 8 heteroatoms. The highest BCUT2D eigenvalue weighted by molar-refractivity contribution is 6.01. The van der Waals surface area contributed by atoms with E-state index in [9.17, 15) is 19.5 Å². The van der Waals surface area contributed by atoms with Gasteiger partial charge >= 0.3 is 12.1 Å². The Labute approximate surface area is 147 Å². The van der Waals surface area contributed by atoms with Gasteiger partial charge in [-0.1, -0.05) is 0 Å². The maximum absolute atomic E-state index is 12.4. The van der Waals surface area contributed by atoms with Crippen LogP contribution in [0.25, 0.3) is 0 Å². The first-order chi connectivity index (χ1) is 11.3. The zero-order valence-electron chi connectivity index (χ0n) is 15.5. The Morgan fingerprint density at radius 1 is 1.12 bits per heavy atom. The van der Waals surface area contributed by atoms with Crippen LogP contribution in [0.4, 0.5) is 4.79 Å². The van der Waals surface area contributed by atoms with Crippen molar-refractivity contribution in [3.05, 3.63) is 11.5 Å². The van der Waals surface area contributed by atoms with Gasteiger partial charge in [0.25, 0.3) is 5.91 Å². The molecule has 25 heavy (non-hydrogen) atoms. The van der Waals surface area contributed by atoms with Crippen LogP contribution in [0.2, 0.25) is 0 Å². The lowest BCUT2D eigenvalue weighted by atomic mass is 9.86. The van der Waals surface area contributed by atoms with Crippen LogP contribution >= 0.6 is 0 Å². The second-order valence-corrected chi connectivity index (χ2v) is 8.24. The SMILES string of the molecule is CC(C)(C)OC(=O)NC1C(=O)N2C(C(=O)OC(C)(C)C)=C(O)CC[C@H]12. The fraction of sp³-hybridized carbons (Fsp3) is 0.706. The summed E-state index contributed by atoms with van der Waals surface area (Å²) in [5, 5.41) is 12.6. The van der Waals surface area contributed by atoms with Crippen molar-refractivity contribution in [3.8, 4) is 0 Å². The minimum absolute atomic E-state index is 0.140. The molecule has 0 aromatic rings. The van der Waals surface area contributed by atoms with E-state index in [1.807, 2.05) is 0 Å². The number of carbonyl (C=O) groups excluding carboxylic acids is 3. The van der Waals surface area contributed by atoms with Gasteiger partial charge in [-0.3, -0.25) is 9.69 Å². The molecule has 2 aliphatic rings. The van der Waals surface area contributed by atoms with Crippen LogP contribution < -0.4 is 5.32 Å². The number of rotatable bonds is 2. The fourth-order valence-electron chi connectivity index (χ4n) is 2.79. The van der Waals surface area contributed by atoms with Crippen LogP contribution in [0, 0.1) is 0 Å². The molecule has 0 radical (unpaired) electrons. The zero-order valence-corrected chi connectivity index (χ0v) is 15.5. The molecule has 1 unspecified atom stereocenters. The van der Waals surface area contributed by atoms with E-state index in [1.165, 1.54) is 4.90 Å². The first kappa shape index (κ1) is 19.1. The number of ether oxygens (including phenoxy) is 2. The number of aliphatic hydroxyl groups is 1. The average Bonchev–Trinajstić information content (AvgIpc) is 2.40. The number of aliphatic hydroxyl groups excluding tert-OH is 1. The number of nitrogens with one attached hydrogen (secondary N) is 1. The summed E-state index contributed by atoms with van der Waals surface area (Å²) < 4.78 is 10.4. The molecule has 0 saturated carbocycles. The summed E-state index contributed by atoms with van der Waals surface area (Å²) in [7, 11) is 0. The van der Waals surface area contributed by atoms with Crippen LogP contribution in [0.1, 0.15) is 54.4 Å². The predicted octanol–water partition coefficient (Wildman–Crippen LogP) is 2.00. The number of nitrogens with zero attached hydrogens (tertiary/aromatic N) is 1. The molecule has 2 aliphatic heterocycles. The molecule has 1 saturated heterocycles. The van der Waals surface area contributed by atoms with E-state index in [1.54, 1.807) is 41.5 Å². The van der Waals surface area contributed by atoms with Crippen molar-refractivity contribution in [3.63, 3.8) is 0 Å². The van der Waals surface area contributed by atoms with Crippen LogP contribution in [0.5, 0.6) is 0 Å². The van der Waals surface area contributed by atoms with Crippen molar-refractivity contribution in [1.29, 1.82) is 0 Å². The molecule has 0 spiro atoms. The molecule has 140 valence electrons. The van der Waals surface area contributed by atoms with Crippen LogP contribution in [-0.2, 0) is 19.1 Å². The largest absolute Gasteiger partial charge is 0.510 e. The van der Waals surface area contributed by atoms with Gasteiger partial charge in [0.1, 0.15) is 23.0 Å². The third-order valence-electron chi connectivity index (χ3n) is 3.68. The van der Waals surface area contributed by atoms with Gasteiger partial charge in [-0.15, -0.1) is 0 Å². The minimum atomic E-state index is -0.777. The molecule has 2 heterocycles. The Balaban J connectivity index is 2.11. The molecule has 0 bridgehead atoms.